The third kappa shape index (κ3) is 4.10. The van der Waals surface area contributed by atoms with Gasteiger partial charge in [0, 0.05) is 43.4 Å². The van der Waals surface area contributed by atoms with E-state index in [1.165, 1.54) is 11.3 Å². The number of hydrogen-bond donors (Lipinski definition) is 2. The topological polar surface area (TPSA) is 92.2 Å². The summed E-state index contributed by atoms with van der Waals surface area (Å²) in [6, 6.07) is -0.375. The van der Waals surface area contributed by atoms with Crippen molar-refractivity contribution in [3.63, 3.8) is 0 Å². The Labute approximate surface area is 156 Å². The number of imidazole rings is 1. The average Bonchev–Trinajstić information content (AvgIpc) is 3.36. The lowest BCUT2D eigenvalue weighted by Gasteiger charge is -2.23. The number of hydrogen-bond acceptors (Lipinski definition) is 6. The van der Waals surface area contributed by atoms with Gasteiger partial charge in [-0.25, -0.2) is 9.97 Å². The number of amides is 2. The Balaban J connectivity index is 1.70. The standard InChI is InChI=1S/C17H24N6O2S/c1-3-18-17(25)14-7-12(21-16(24)13-10-26-11-20-13)8-23(14)9-15-19-5-6-22(15)4-2/h5-6,10-12,14H,3-4,7-9H2,1-2H3,(H,18,25)(H,21,24). The molecule has 0 bridgehead atoms. The monoisotopic (exact) mass is 376 g/mol. The first kappa shape index (κ1) is 18.5. The van der Waals surface area contributed by atoms with E-state index >= 15 is 0 Å². The second-order valence-electron chi connectivity index (χ2n) is 6.25. The quantitative estimate of drug-likeness (QED) is 0.748. The van der Waals surface area contributed by atoms with E-state index in [0.717, 1.165) is 12.4 Å². The van der Waals surface area contributed by atoms with Crippen LogP contribution >= 0.6 is 11.3 Å². The zero-order valence-electron chi connectivity index (χ0n) is 15.0. The molecule has 9 heteroatoms. The molecule has 2 aromatic rings. The van der Waals surface area contributed by atoms with Crippen LogP contribution in [0.2, 0.25) is 0 Å². The van der Waals surface area contributed by atoms with Crippen molar-refractivity contribution in [3.05, 3.63) is 34.8 Å². The zero-order valence-corrected chi connectivity index (χ0v) is 15.8. The normalized spacial score (nSPS) is 20.2. The summed E-state index contributed by atoms with van der Waals surface area (Å²) in [6.45, 7) is 6.57. The molecular weight excluding hydrogens is 352 g/mol. The number of carbonyl (C=O) groups excluding carboxylic acids is 2. The fraction of sp³-hybridized carbons (Fsp3) is 0.529. The Bertz CT molecular complexity index is 744. The lowest BCUT2D eigenvalue weighted by atomic mass is 10.1. The lowest BCUT2D eigenvalue weighted by Crippen LogP contribution is -2.43. The van der Waals surface area contributed by atoms with E-state index in [2.05, 4.69) is 37.0 Å². The maximum Gasteiger partial charge on any atom is 0.271 e. The second-order valence-corrected chi connectivity index (χ2v) is 6.97. The molecule has 1 saturated heterocycles. The van der Waals surface area contributed by atoms with Crippen LogP contribution in [0.3, 0.4) is 0 Å². The molecule has 0 aliphatic carbocycles. The van der Waals surface area contributed by atoms with Crippen molar-refractivity contribution in [2.75, 3.05) is 13.1 Å². The van der Waals surface area contributed by atoms with Gasteiger partial charge in [-0.3, -0.25) is 14.5 Å². The van der Waals surface area contributed by atoms with Crippen molar-refractivity contribution in [2.24, 2.45) is 0 Å². The molecule has 2 aromatic heterocycles. The molecule has 0 aromatic carbocycles. The molecule has 3 heterocycles. The highest BCUT2D eigenvalue weighted by atomic mass is 32.1. The minimum atomic E-state index is -0.280. The van der Waals surface area contributed by atoms with Crippen molar-refractivity contribution in [3.8, 4) is 0 Å². The van der Waals surface area contributed by atoms with Crippen molar-refractivity contribution in [2.45, 2.75) is 45.4 Å². The predicted octanol–water partition coefficient (Wildman–Crippen LogP) is 0.869. The number of carbonyl (C=O) groups is 2. The minimum Gasteiger partial charge on any atom is -0.355 e. The van der Waals surface area contributed by atoms with Gasteiger partial charge in [0.05, 0.1) is 18.1 Å². The van der Waals surface area contributed by atoms with Crippen molar-refractivity contribution >= 4 is 23.2 Å². The molecule has 1 aliphatic heterocycles. The number of likely N-dealkylation sites (N-methyl/N-ethyl adjacent to an activating group) is 1. The van der Waals surface area contributed by atoms with Crippen LogP contribution in [0, 0.1) is 0 Å². The largest absolute Gasteiger partial charge is 0.355 e. The third-order valence-corrected chi connectivity index (χ3v) is 5.13. The molecule has 8 nitrogen and oxygen atoms in total. The molecule has 0 radical (unpaired) electrons. The summed E-state index contributed by atoms with van der Waals surface area (Å²) in [5.74, 6) is 0.726. The van der Waals surface area contributed by atoms with Crippen LogP contribution in [-0.4, -0.2) is 56.4 Å². The minimum absolute atomic E-state index is 0.00693. The van der Waals surface area contributed by atoms with Gasteiger partial charge in [0.2, 0.25) is 5.91 Å². The Morgan fingerprint density at radius 2 is 2.19 bits per heavy atom. The molecular formula is C17H24N6O2S. The highest BCUT2D eigenvalue weighted by Crippen LogP contribution is 2.21. The fourth-order valence-corrected chi connectivity index (χ4v) is 3.82. The summed E-state index contributed by atoms with van der Waals surface area (Å²) in [5.41, 5.74) is 2.06. The maximum absolute atomic E-state index is 12.5. The predicted molar refractivity (Wildman–Crippen MR) is 98.8 cm³/mol. The number of nitrogens with zero attached hydrogens (tertiary/aromatic N) is 4. The Kier molecular flexibility index (Phi) is 6.00. The first-order valence-corrected chi connectivity index (χ1v) is 9.77. The number of aryl methyl sites for hydroxylation is 1. The van der Waals surface area contributed by atoms with Crippen LogP contribution in [0.4, 0.5) is 0 Å². The Morgan fingerprint density at radius 3 is 2.88 bits per heavy atom. The average molecular weight is 376 g/mol. The molecule has 0 spiro atoms. The molecule has 3 rings (SSSR count). The smallest absolute Gasteiger partial charge is 0.271 e. The van der Waals surface area contributed by atoms with Gasteiger partial charge in [-0.15, -0.1) is 11.3 Å². The summed E-state index contributed by atoms with van der Waals surface area (Å²) in [6.07, 6.45) is 4.29. The molecule has 140 valence electrons. The van der Waals surface area contributed by atoms with Crippen LogP contribution in [0.25, 0.3) is 0 Å². The second kappa shape index (κ2) is 8.41. The molecule has 1 fully saturated rings. The summed E-state index contributed by atoms with van der Waals surface area (Å²) in [5, 5.41) is 7.62. The number of likely N-dealkylation sites (tertiary alicyclic amines) is 1. The van der Waals surface area contributed by atoms with Gasteiger partial charge < -0.3 is 15.2 Å². The van der Waals surface area contributed by atoms with Crippen LogP contribution in [0.1, 0.15) is 36.6 Å². The van der Waals surface area contributed by atoms with Gasteiger partial charge in [0.25, 0.3) is 5.91 Å². The van der Waals surface area contributed by atoms with Crippen LogP contribution in [-0.2, 0) is 17.9 Å². The van der Waals surface area contributed by atoms with Crippen LogP contribution < -0.4 is 10.6 Å². The Morgan fingerprint density at radius 1 is 1.35 bits per heavy atom. The molecule has 1 aliphatic rings. The summed E-state index contributed by atoms with van der Waals surface area (Å²) >= 11 is 1.39. The molecule has 2 amide bonds. The van der Waals surface area contributed by atoms with Crippen molar-refractivity contribution in [1.29, 1.82) is 0 Å². The SMILES string of the molecule is CCNC(=O)C1CC(NC(=O)c2cscn2)CN1Cc1nccn1CC. The highest BCUT2D eigenvalue weighted by molar-refractivity contribution is 7.07. The van der Waals surface area contributed by atoms with E-state index in [9.17, 15) is 9.59 Å². The highest BCUT2D eigenvalue weighted by Gasteiger charge is 2.38. The van der Waals surface area contributed by atoms with Crippen molar-refractivity contribution < 1.29 is 9.59 Å². The summed E-state index contributed by atoms with van der Waals surface area (Å²) in [4.78, 5) is 35.3. The first-order valence-electron chi connectivity index (χ1n) is 8.83. The molecule has 26 heavy (non-hydrogen) atoms. The maximum atomic E-state index is 12.5. The Hall–Kier alpha value is -2.26. The lowest BCUT2D eigenvalue weighted by molar-refractivity contribution is -0.125. The number of thiazole rings is 1. The molecule has 2 atom stereocenters. The number of nitrogens with one attached hydrogen (secondary N) is 2. The first-order chi connectivity index (χ1) is 12.6. The summed E-state index contributed by atoms with van der Waals surface area (Å²) < 4.78 is 2.07. The van der Waals surface area contributed by atoms with Crippen LogP contribution in [0.5, 0.6) is 0 Å². The van der Waals surface area contributed by atoms with Gasteiger partial charge >= 0.3 is 0 Å². The van der Waals surface area contributed by atoms with Crippen LogP contribution in [0.15, 0.2) is 23.3 Å². The number of aromatic nitrogens is 3. The van der Waals surface area contributed by atoms with E-state index in [0.29, 0.717) is 31.7 Å². The zero-order chi connectivity index (χ0) is 18.5. The van der Waals surface area contributed by atoms with E-state index < -0.39 is 0 Å². The van der Waals surface area contributed by atoms with E-state index in [1.54, 1.807) is 17.1 Å². The molecule has 0 saturated carbocycles. The third-order valence-electron chi connectivity index (χ3n) is 4.54. The van der Waals surface area contributed by atoms with E-state index in [1.807, 2.05) is 13.1 Å². The molecule has 2 unspecified atom stereocenters. The van der Waals surface area contributed by atoms with Gasteiger partial charge in [0.15, 0.2) is 0 Å². The van der Waals surface area contributed by atoms with Gasteiger partial charge in [0.1, 0.15) is 11.5 Å². The van der Waals surface area contributed by atoms with E-state index in [-0.39, 0.29) is 23.9 Å². The van der Waals surface area contributed by atoms with Gasteiger partial charge in [-0.2, -0.15) is 0 Å². The summed E-state index contributed by atoms with van der Waals surface area (Å²) in [7, 11) is 0. The molecule has 2 N–H and O–H groups in total. The van der Waals surface area contributed by atoms with Gasteiger partial charge in [-0.1, -0.05) is 0 Å². The van der Waals surface area contributed by atoms with E-state index in [4.69, 9.17) is 0 Å². The van der Waals surface area contributed by atoms with Gasteiger partial charge in [-0.05, 0) is 20.3 Å². The van der Waals surface area contributed by atoms with Crippen molar-refractivity contribution in [1.82, 2.24) is 30.1 Å². The number of rotatable bonds is 7. The fourth-order valence-electron chi connectivity index (χ4n) is 3.29.